The smallest absolute Gasteiger partial charge is 0.254 e. The van der Waals surface area contributed by atoms with Crippen LogP contribution in [-0.2, 0) is 22.6 Å². The lowest BCUT2D eigenvalue weighted by atomic mass is 9.99. The second-order valence-corrected chi connectivity index (χ2v) is 11.5. The number of hydrogen-bond acceptors (Lipinski definition) is 7. The molecule has 1 fully saturated rings. The highest BCUT2D eigenvalue weighted by Gasteiger charge is 2.43. The summed E-state index contributed by atoms with van der Waals surface area (Å²) >= 11 is 1.47. The van der Waals surface area contributed by atoms with Gasteiger partial charge in [0, 0.05) is 17.4 Å². The molecule has 0 spiro atoms. The molecule has 0 bridgehead atoms. The molecule has 10 heteroatoms. The van der Waals surface area contributed by atoms with Gasteiger partial charge >= 0.3 is 0 Å². The molecule has 9 nitrogen and oxygen atoms in total. The van der Waals surface area contributed by atoms with Gasteiger partial charge in [0.1, 0.15) is 6.04 Å². The summed E-state index contributed by atoms with van der Waals surface area (Å²) in [6.45, 7) is 4.29. The van der Waals surface area contributed by atoms with Crippen LogP contribution in [0.4, 0.5) is 0 Å². The number of aliphatic hydroxyl groups excluding tert-OH is 1. The molecule has 2 heterocycles. The lowest BCUT2D eigenvalue weighted by molar-refractivity contribution is -0.146. The first kappa shape index (κ1) is 28.5. The minimum absolute atomic E-state index is 0.0796. The van der Waals surface area contributed by atoms with E-state index in [0.29, 0.717) is 23.6 Å². The summed E-state index contributed by atoms with van der Waals surface area (Å²) in [6.07, 6.45) is -1.37. The SMILES string of the molecule is Cc1ccccc1CNC(=O)[C@@H]1C(C)SCN1C(=O)[C@@H](O)C(Cc1ccccc1)NC(=O)c1ccc2c(c1)OCO2. The van der Waals surface area contributed by atoms with Gasteiger partial charge in [-0.15, -0.1) is 11.8 Å². The zero-order valence-electron chi connectivity index (χ0n) is 22.9. The first-order chi connectivity index (χ1) is 19.8. The average molecular weight is 576 g/mol. The van der Waals surface area contributed by atoms with Crippen LogP contribution in [0.15, 0.2) is 72.8 Å². The van der Waals surface area contributed by atoms with Crippen molar-refractivity contribution in [2.75, 3.05) is 12.7 Å². The number of amides is 3. The summed E-state index contributed by atoms with van der Waals surface area (Å²) in [7, 11) is 0. The molecule has 2 aliphatic rings. The quantitative estimate of drug-likeness (QED) is 0.359. The number of fused-ring (bicyclic) bond motifs is 1. The number of carbonyl (C=O) groups is 3. The zero-order chi connectivity index (χ0) is 28.9. The van der Waals surface area contributed by atoms with Gasteiger partial charge in [-0.05, 0) is 48.2 Å². The van der Waals surface area contributed by atoms with Gasteiger partial charge in [0.15, 0.2) is 17.6 Å². The van der Waals surface area contributed by atoms with Gasteiger partial charge in [0.2, 0.25) is 12.7 Å². The maximum Gasteiger partial charge on any atom is 0.254 e. The van der Waals surface area contributed by atoms with Gasteiger partial charge in [0.05, 0.1) is 11.9 Å². The van der Waals surface area contributed by atoms with Crippen LogP contribution in [0.3, 0.4) is 0 Å². The Labute approximate surface area is 243 Å². The van der Waals surface area contributed by atoms with Gasteiger partial charge in [0.25, 0.3) is 11.8 Å². The second-order valence-electron chi connectivity index (χ2n) is 10.2. The molecule has 3 amide bonds. The van der Waals surface area contributed by atoms with E-state index in [4.69, 9.17) is 9.47 Å². The maximum absolute atomic E-state index is 13.7. The Balaban J connectivity index is 1.32. The van der Waals surface area contributed by atoms with E-state index in [1.54, 1.807) is 18.2 Å². The van der Waals surface area contributed by atoms with Crippen molar-refractivity contribution in [3.05, 3.63) is 95.1 Å². The Morgan fingerprint density at radius 3 is 2.54 bits per heavy atom. The summed E-state index contributed by atoms with van der Waals surface area (Å²) in [5.74, 6) is -0.0948. The Morgan fingerprint density at radius 2 is 1.76 bits per heavy atom. The zero-order valence-corrected chi connectivity index (χ0v) is 23.7. The molecule has 4 atom stereocenters. The summed E-state index contributed by atoms with van der Waals surface area (Å²) < 4.78 is 10.7. The highest BCUT2D eigenvalue weighted by Crippen LogP contribution is 2.33. The third-order valence-electron chi connectivity index (χ3n) is 7.41. The molecule has 0 aliphatic carbocycles. The summed E-state index contributed by atoms with van der Waals surface area (Å²) in [4.78, 5) is 41.7. The Bertz CT molecular complexity index is 1420. The highest BCUT2D eigenvalue weighted by atomic mass is 32.2. The molecular weight excluding hydrogens is 542 g/mol. The van der Waals surface area contributed by atoms with E-state index >= 15 is 0 Å². The lowest BCUT2D eigenvalue weighted by Crippen LogP contribution is -2.57. The van der Waals surface area contributed by atoms with Gasteiger partial charge in [-0.1, -0.05) is 61.5 Å². The average Bonchev–Trinajstić information content (AvgIpc) is 3.62. The molecule has 0 aromatic heterocycles. The number of aliphatic hydroxyl groups is 1. The number of carbonyl (C=O) groups excluding carboxylic acids is 3. The molecule has 0 radical (unpaired) electrons. The lowest BCUT2D eigenvalue weighted by Gasteiger charge is -2.30. The maximum atomic E-state index is 13.7. The van der Waals surface area contributed by atoms with Crippen LogP contribution in [-0.4, -0.2) is 63.8 Å². The van der Waals surface area contributed by atoms with Crippen LogP contribution in [0.5, 0.6) is 11.5 Å². The third-order valence-corrected chi connectivity index (χ3v) is 8.62. The number of rotatable bonds is 9. The monoisotopic (exact) mass is 575 g/mol. The van der Waals surface area contributed by atoms with Crippen molar-refractivity contribution >= 4 is 29.5 Å². The van der Waals surface area contributed by atoms with E-state index in [2.05, 4.69) is 10.6 Å². The van der Waals surface area contributed by atoms with E-state index in [9.17, 15) is 19.5 Å². The van der Waals surface area contributed by atoms with E-state index in [0.717, 1.165) is 16.7 Å². The molecular formula is C31H33N3O6S. The topological polar surface area (TPSA) is 117 Å². The number of ether oxygens (including phenoxy) is 2. The van der Waals surface area contributed by atoms with Gasteiger partial charge in [-0.25, -0.2) is 0 Å². The number of benzene rings is 3. The van der Waals surface area contributed by atoms with E-state index < -0.39 is 30.0 Å². The van der Waals surface area contributed by atoms with E-state index in [-0.39, 0.29) is 30.2 Å². The Kier molecular flexibility index (Phi) is 8.80. The van der Waals surface area contributed by atoms with Crippen LogP contribution < -0.4 is 20.1 Å². The normalized spacial score (nSPS) is 19.0. The van der Waals surface area contributed by atoms with E-state index in [1.165, 1.54) is 16.7 Å². The van der Waals surface area contributed by atoms with Crippen molar-refractivity contribution in [1.82, 2.24) is 15.5 Å². The van der Waals surface area contributed by atoms with E-state index in [1.807, 2.05) is 68.4 Å². The predicted octanol–water partition coefficient (Wildman–Crippen LogP) is 3.03. The van der Waals surface area contributed by atoms with Crippen LogP contribution in [0.1, 0.15) is 34.0 Å². The van der Waals surface area contributed by atoms with Gasteiger partial charge < -0.3 is 30.1 Å². The molecule has 5 rings (SSSR count). The van der Waals surface area contributed by atoms with Crippen molar-refractivity contribution in [3.63, 3.8) is 0 Å². The molecule has 3 N–H and O–H groups in total. The van der Waals surface area contributed by atoms with Crippen LogP contribution in [0, 0.1) is 6.92 Å². The first-order valence-electron chi connectivity index (χ1n) is 13.5. The van der Waals surface area contributed by atoms with Crippen molar-refractivity contribution in [2.45, 2.75) is 50.3 Å². The minimum Gasteiger partial charge on any atom is -0.454 e. The number of thioether (sulfide) groups is 1. The molecule has 0 saturated carbocycles. The predicted molar refractivity (Wildman–Crippen MR) is 156 cm³/mol. The number of hydrogen-bond donors (Lipinski definition) is 3. The van der Waals surface area contributed by atoms with Crippen LogP contribution in [0.25, 0.3) is 0 Å². The Morgan fingerprint density at radius 1 is 1.02 bits per heavy atom. The molecule has 2 unspecified atom stereocenters. The highest BCUT2D eigenvalue weighted by molar-refractivity contribution is 8.00. The number of nitrogens with zero attached hydrogens (tertiary/aromatic N) is 1. The van der Waals surface area contributed by atoms with Crippen molar-refractivity contribution < 1.29 is 29.0 Å². The second kappa shape index (κ2) is 12.7. The molecule has 2 aliphatic heterocycles. The van der Waals surface area contributed by atoms with Crippen LogP contribution in [0.2, 0.25) is 0 Å². The fourth-order valence-electron chi connectivity index (χ4n) is 5.01. The Hall–Kier alpha value is -4.02. The van der Waals surface area contributed by atoms with Crippen molar-refractivity contribution in [3.8, 4) is 11.5 Å². The standard InChI is InChI=1S/C31H33N3O6S/c1-19-8-6-7-11-23(19)16-32-30(37)27-20(2)41-17-34(27)31(38)28(35)24(14-21-9-4-3-5-10-21)33-29(36)22-12-13-25-26(15-22)40-18-39-25/h3-13,15,20,24,27-28,35H,14,16-18H2,1-2H3,(H,32,37)(H,33,36)/t20?,24?,27-,28-/m0/s1. The van der Waals surface area contributed by atoms with Crippen LogP contribution >= 0.6 is 11.8 Å². The first-order valence-corrected chi connectivity index (χ1v) is 14.5. The van der Waals surface area contributed by atoms with Crippen molar-refractivity contribution in [1.29, 1.82) is 0 Å². The summed E-state index contributed by atoms with van der Waals surface area (Å²) in [5, 5.41) is 17.0. The molecule has 41 heavy (non-hydrogen) atoms. The van der Waals surface area contributed by atoms with Gasteiger partial charge in [-0.2, -0.15) is 0 Å². The summed E-state index contributed by atoms with van der Waals surface area (Å²) in [6, 6.07) is 20.2. The molecule has 3 aromatic rings. The molecule has 3 aromatic carbocycles. The largest absolute Gasteiger partial charge is 0.454 e. The third kappa shape index (κ3) is 6.49. The van der Waals surface area contributed by atoms with Crippen molar-refractivity contribution in [2.24, 2.45) is 0 Å². The number of aryl methyl sites for hydroxylation is 1. The molecule has 1 saturated heterocycles. The fourth-order valence-corrected chi connectivity index (χ4v) is 6.15. The molecule has 214 valence electrons. The summed E-state index contributed by atoms with van der Waals surface area (Å²) in [5.41, 5.74) is 3.20. The minimum atomic E-state index is -1.58. The fraction of sp³-hybridized carbons (Fsp3) is 0.323. The number of nitrogens with one attached hydrogen (secondary N) is 2. The van der Waals surface area contributed by atoms with Gasteiger partial charge in [-0.3, -0.25) is 14.4 Å².